The van der Waals surface area contributed by atoms with Crippen LogP contribution in [0.15, 0.2) is 81.5 Å². The molecule has 0 unspecified atom stereocenters. The van der Waals surface area contributed by atoms with E-state index in [1.54, 1.807) is 30.1 Å². The first-order valence-electron chi connectivity index (χ1n) is 7.88. The molecule has 4 rings (SSSR count). The summed E-state index contributed by atoms with van der Waals surface area (Å²) in [4.78, 5) is 14.5. The van der Waals surface area contributed by atoms with Crippen molar-refractivity contribution >= 4 is 32.6 Å². The fourth-order valence-electron chi connectivity index (χ4n) is 2.57. The summed E-state index contributed by atoms with van der Waals surface area (Å²) >= 11 is 1.57. The SMILES string of the molecule is CS(=O)(=O)c1ccc(Sc2ccc3nc(-c4ccccn4)[nH]c3c2)cc1. The minimum atomic E-state index is -3.17. The van der Waals surface area contributed by atoms with Crippen molar-refractivity contribution in [2.75, 3.05) is 6.26 Å². The number of fused-ring (bicyclic) bond motifs is 1. The third-order valence-corrected chi connectivity index (χ3v) is 5.97. The number of sulfone groups is 1. The Morgan fingerprint density at radius 3 is 2.42 bits per heavy atom. The zero-order valence-electron chi connectivity index (χ0n) is 13.9. The molecule has 0 atom stereocenters. The average Bonchev–Trinajstić information content (AvgIpc) is 3.05. The minimum Gasteiger partial charge on any atom is -0.337 e. The highest BCUT2D eigenvalue weighted by Gasteiger charge is 2.09. The van der Waals surface area contributed by atoms with Crippen molar-refractivity contribution in [1.29, 1.82) is 0 Å². The standard InChI is InChI=1S/C19H15N3O2S2/c1-26(23,24)15-8-5-13(6-9-15)25-14-7-10-16-18(12-14)22-19(21-16)17-4-2-3-11-20-17/h2-12H,1H3,(H,21,22). The Kier molecular flexibility index (Phi) is 4.26. The van der Waals surface area contributed by atoms with Crippen molar-refractivity contribution < 1.29 is 8.42 Å². The van der Waals surface area contributed by atoms with Gasteiger partial charge in [0.25, 0.3) is 0 Å². The van der Waals surface area contributed by atoms with Gasteiger partial charge in [0, 0.05) is 22.2 Å². The van der Waals surface area contributed by atoms with Gasteiger partial charge in [-0.1, -0.05) is 17.8 Å². The number of pyridine rings is 1. The Hall–Kier alpha value is -2.64. The molecular weight excluding hydrogens is 366 g/mol. The van der Waals surface area contributed by atoms with Gasteiger partial charge in [0.2, 0.25) is 0 Å². The van der Waals surface area contributed by atoms with E-state index in [1.165, 1.54) is 6.26 Å². The van der Waals surface area contributed by atoms with Gasteiger partial charge in [-0.3, -0.25) is 4.98 Å². The number of nitrogens with zero attached hydrogens (tertiary/aromatic N) is 2. The van der Waals surface area contributed by atoms with Crippen molar-refractivity contribution in [3.63, 3.8) is 0 Å². The fourth-order valence-corrected chi connectivity index (χ4v) is 4.05. The summed E-state index contributed by atoms with van der Waals surface area (Å²) in [7, 11) is -3.17. The van der Waals surface area contributed by atoms with E-state index < -0.39 is 9.84 Å². The average molecular weight is 381 g/mol. The molecule has 0 aliphatic heterocycles. The number of rotatable bonds is 4. The second-order valence-corrected chi connectivity index (χ2v) is 8.99. The number of aromatic nitrogens is 3. The molecule has 5 nitrogen and oxygen atoms in total. The van der Waals surface area contributed by atoms with Crippen LogP contribution in [0, 0.1) is 0 Å². The second-order valence-electron chi connectivity index (χ2n) is 5.82. The molecule has 7 heteroatoms. The number of H-pyrrole nitrogens is 1. The van der Waals surface area contributed by atoms with Crippen LogP contribution in [0.3, 0.4) is 0 Å². The lowest BCUT2D eigenvalue weighted by atomic mass is 10.3. The van der Waals surface area contributed by atoms with Crippen LogP contribution in [-0.2, 0) is 9.84 Å². The lowest BCUT2D eigenvalue weighted by molar-refractivity contribution is 0.602. The summed E-state index contributed by atoms with van der Waals surface area (Å²) in [5, 5.41) is 0. The number of imidazole rings is 1. The zero-order chi connectivity index (χ0) is 18.1. The van der Waals surface area contributed by atoms with Gasteiger partial charge >= 0.3 is 0 Å². The highest BCUT2D eigenvalue weighted by Crippen LogP contribution is 2.31. The molecule has 1 N–H and O–H groups in total. The van der Waals surface area contributed by atoms with Gasteiger partial charge in [-0.15, -0.1) is 0 Å². The van der Waals surface area contributed by atoms with Crippen LogP contribution >= 0.6 is 11.8 Å². The number of benzene rings is 2. The first-order valence-corrected chi connectivity index (χ1v) is 10.6. The molecule has 0 saturated heterocycles. The molecule has 0 aliphatic carbocycles. The van der Waals surface area contributed by atoms with Crippen molar-refractivity contribution in [2.24, 2.45) is 0 Å². The van der Waals surface area contributed by atoms with E-state index in [0.29, 0.717) is 4.90 Å². The number of nitrogens with one attached hydrogen (secondary N) is 1. The van der Waals surface area contributed by atoms with Gasteiger partial charge in [0.1, 0.15) is 5.69 Å². The highest BCUT2D eigenvalue weighted by molar-refractivity contribution is 7.99. The molecule has 0 fully saturated rings. The quantitative estimate of drug-likeness (QED) is 0.574. The van der Waals surface area contributed by atoms with E-state index in [4.69, 9.17) is 0 Å². The van der Waals surface area contributed by atoms with Gasteiger partial charge in [0.05, 0.1) is 15.9 Å². The third-order valence-electron chi connectivity index (χ3n) is 3.85. The van der Waals surface area contributed by atoms with Gasteiger partial charge in [-0.05, 0) is 54.6 Å². The zero-order valence-corrected chi connectivity index (χ0v) is 15.5. The lowest BCUT2D eigenvalue weighted by Crippen LogP contribution is -1.95. The minimum absolute atomic E-state index is 0.325. The van der Waals surface area contributed by atoms with Crippen molar-refractivity contribution in [3.8, 4) is 11.5 Å². The fraction of sp³-hybridized carbons (Fsp3) is 0.0526. The maximum atomic E-state index is 11.5. The smallest absolute Gasteiger partial charge is 0.175 e. The van der Waals surface area contributed by atoms with Gasteiger partial charge in [-0.25, -0.2) is 13.4 Å². The Labute approximate surface area is 155 Å². The predicted octanol–water partition coefficient (Wildman–Crippen LogP) is 4.18. The third kappa shape index (κ3) is 3.49. The number of hydrogen-bond donors (Lipinski definition) is 1. The lowest BCUT2D eigenvalue weighted by Gasteiger charge is -2.03. The van der Waals surface area contributed by atoms with Gasteiger partial charge in [0.15, 0.2) is 15.7 Å². The molecule has 4 aromatic rings. The summed E-state index contributed by atoms with van der Waals surface area (Å²) < 4.78 is 23.1. The molecular formula is C19H15N3O2S2. The summed E-state index contributed by atoms with van der Waals surface area (Å²) in [6.07, 6.45) is 2.95. The molecule has 26 heavy (non-hydrogen) atoms. The topological polar surface area (TPSA) is 75.7 Å². The Morgan fingerprint density at radius 2 is 1.73 bits per heavy atom. The van der Waals surface area contributed by atoms with Crippen LogP contribution in [0.25, 0.3) is 22.6 Å². The summed E-state index contributed by atoms with van der Waals surface area (Å²) in [6, 6.07) is 18.6. The van der Waals surface area contributed by atoms with E-state index in [0.717, 1.165) is 32.3 Å². The van der Waals surface area contributed by atoms with Crippen molar-refractivity contribution in [1.82, 2.24) is 15.0 Å². The molecule has 0 spiro atoms. The molecule has 2 aromatic heterocycles. The Bertz CT molecular complexity index is 1170. The first-order chi connectivity index (χ1) is 12.5. The van der Waals surface area contributed by atoms with E-state index in [2.05, 4.69) is 15.0 Å². The molecule has 0 amide bonds. The molecule has 130 valence electrons. The van der Waals surface area contributed by atoms with Crippen LogP contribution in [0.1, 0.15) is 0 Å². The Morgan fingerprint density at radius 1 is 0.962 bits per heavy atom. The molecule has 2 heterocycles. The normalized spacial score (nSPS) is 11.7. The second kappa shape index (κ2) is 6.59. The van der Waals surface area contributed by atoms with E-state index in [1.807, 2.05) is 48.5 Å². The van der Waals surface area contributed by atoms with Crippen molar-refractivity contribution in [2.45, 2.75) is 14.7 Å². The van der Waals surface area contributed by atoms with Crippen LogP contribution in [-0.4, -0.2) is 29.6 Å². The van der Waals surface area contributed by atoms with Crippen LogP contribution in [0.2, 0.25) is 0 Å². The molecule has 0 aliphatic rings. The van der Waals surface area contributed by atoms with E-state index >= 15 is 0 Å². The van der Waals surface area contributed by atoms with E-state index in [-0.39, 0.29) is 0 Å². The summed E-state index contributed by atoms with van der Waals surface area (Å²) in [5.74, 6) is 0.736. The predicted molar refractivity (Wildman–Crippen MR) is 103 cm³/mol. The summed E-state index contributed by atoms with van der Waals surface area (Å²) in [5.41, 5.74) is 2.61. The molecule has 2 aromatic carbocycles. The summed E-state index contributed by atoms with van der Waals surface area (Å²) in [6.45, 7) is 0. The Balaban J connectivity index is 1.61. The number of aromatic amines is 1. The van der Waals surface area contributed by atoms with E-state index in [9.17, 15) is 8.42 Å². The highest BCUT2D eigenvalue weighted by atomic mass is 32.2. The van der Waals surface area contributed by atoms with Gasteiger partial charge in [-0.2, -0.15) is 0 Å². The number of hydrogen-bond acceptors (Lipinski definition) is 5. The largest absolute Gasteiger partial charge is 0.337 e. The first kappa shape index (κ1) is 16.8. The maximum absolute atomic E-state index is 11.5. The monoisotopic (exact) mass is 381 g/mol. The van der Waals surface area contributed by atoms with Crippen LogP contribution in [0.4, 0.5) is 0 Å². The van der Waals surface area contributed by atoms with Crippen LogP contribution in [0.5, 0.6) is 0 Å². The maximum Gasteiger partial charge on any atom is 0.175 e. The molecule has 0 saturated carbocycles. The van der Waals surface area contributed by atoms with Gasteiger partial charge < -0.3 is 4.98 Å². The van der Waals surface area contributed by atoms with Crippen LogP contribution < -0.4 is 0 Å². The molecule has 0 radical (unpaired) electrons. The molecule has 0 bridgehead atoms. The van der Waals surface area contributed by atoms with Crippen molar-refractivity contribution in [3.05, 3.63) is 66.9 Å².